The van der Waals surface area contributed by atoms with Crippen molar-refractivity contribution in [2.24, 2.45) is 0 Å². The summed E-state index contributed by atoms with van der Waals surface area (Å²) in [7, 11) is 0. The Morgan fingerprint density at radius 3 is 3.00 bits per heavy atom. The molecule has 1 atom stereocenters. The van der Waals surface area contributed by atoms with E-state index >= 15 is 0 Å². The molecule has 3 rings (SSSR count). The van der Waals surface area contributed by atoms with Gasteiger partial charge < -0.3 is 14.8 Å². The lowest BCUT2D eigenvalue weighted by Gasteiger charge is -2.26. The Labute approximate surface area is 129 Å². The van der Waals surface area contributed by atoms with Crippen molar-refractivity contribution in [1.29, 1.82) is 0 Å². The third-order valence-corrected chi connectivity index (χ3v) is 3.44. The zero-order chi connectivity index (χ0) is 15.7. The maximum Gasteiger partial charge on any atom is 0.407 e. The molecule has 0 spiro atoms. The van der Waals surface area contributed by atoms with E-state index in [4.69, 9.17) is 9.47 Å². The highest BCUT2D eigenvalue weighted by atomic mass is 16.6. The number of fused-ring (bicyclic) bond motifs is 3. The van der Waals surface area contributed by atoms with Crippen molar-refractivity contribution in [2.75, 3.05) is 13.2 Å². The smallest absolute Gasteiger partial charge is 0.407 e. The topological polar surface area (TPSA) is 65.4 Å². The Balaban J connectivity index is 1.76. The Morgan fingerprint density at radius 2 is 2.23 bits per heavy atom. The van der Waals surface area contributed by atoms with Crippen LogP contribution in [0.15, 0.2) is 24.3 Å². The summed E-state index contributed by atoms with van der Waals surface area (Å²) < 4.78 is 13.0. The summed E-state index contributed by atoms with van der Waals surface area (Å²) in [5.74, 6) is 0. The molecule has 1 aromatic carbocycles. The minimum absolute atomic E-state index is 0.214. The number of rotatable bonds is 2. The Hall–Kier alpha value is -2.08. The second-order valence-corrected chi connectivity index (χ2v) is 6.37. The van der Waals surface area contributed by atoms with E-state index in [1.54, 1.807) is 0 Å². The van der Waals surface area contributed by atoms with Crippen LogP contribution in [0.5, 0.6) is 0 Å². The van der Waals surface area contributed by atoms with Crippen molar-refractivity contribution >= 4 is 17.0 Å². The minimum Gasteiger partial charge on any atom is -0.444 e. The lowest BCUT2D eigenvalue weighted by molar-refractivity contribution is 0.0120. The van der Waals surface area contributed by atoms with E-state index in [-0.39, 0.29) is 6.10 Å². The molecule has 2 aromatic rings. The fourth-order valence-corrected chi connectivity index (χ4v) is 2.62. The van der Waals surface area contributed by atoms with E-state index in [0.717, 1.165) is 23.1 Å². The molecule has 0 aliphatic carbocycles. The average molecular weight is 303 g/mol. The fraction of sp³-hybridized carbons (Fsp3) is 0.500. The Kier molecular flexibility index (Phi) is 3.78. The zero-order valence-corrected chi connectivity index (χ0v) is 13.1. The van der Waals surface area contributed by atoms with Crippen LogP contribution in [-0.2, 0) is 16.0 Å². The van der Waals surface area contributed by atoms with Crippen molar-refractivity contribution in [1.82, 2.24) is 15.1 Å². The van der Waals surface area contributed by atoms with Gasteiger partial charge in [-0.2, -0.15) is 5.10 Å². The number of amides is 1. The molecule has 118 valence electrons. The molecule has 1 aliphatic rings. The van der Waals surface area contributed by atoms with E-state index in [9.17, 15) is 4.79 Å². The highest BCUT2D eigenvalue weighted by Gasteiger charge is 2.26. The molecule has 0 bridgehead atoms. The van der Waals surface area contributed by atoms with Gasteiger partial charge in [0.25, 0.3) is 0 Å². The number of hydrogen-bond acceptors (Lipinski definition) is 4. The van der Waals surface area contributed by atoms with Gasteiger partial charge in [0, 0.05) is 5.39 Å². The van der Waals surface area contributed by atoms with Crippen molar-refractivity contribution in [3.05, 3.63) is 30.0 Å². The summed E-state index contributed by atoms with van der Waals surface area (Å²) in [6.07, 6.45) is -0.647. The summed E-state index contributed by atoms with van der Waals surface area (Å²) in [6.45, 7) is 7.20. The SMILES string of the molecule is CC(C)(C)OC(=O)NC[C@@H]1OCCn2nc3ccccc3c21. The number of carbonyl (C=O) groups is 1. The molecule has 2 heterocycles. The van der Waals surface area contributed by atoms with Crippen LogP contribution in [-0.4, -0.2) is 34.6 Å². The molecule has 0 radical (unpaired) electrons. The molecule has 6 heteroatoms. The van der Waals surface area contributed by atoms with Gasteiger partial charge in [0.1, 0.15) is 11.7 Å². The number of nitrogens with zero attached hydrogens (tertiary/aromatic N) is 2. The van der Waals surface area contributed by atoms with Crippen molar-refractivity contribution in [3.8, 4) is 0 Å². The lowest BCUT2D eigenvalue weighted by atomic mass is 10.1. The van der Waals surface area contributed by atoms with Crippen LogP contribution >= 0.6 is 0 Å². The summed E-state index contributed by atoms with van der Waals surface area (Å²) in [5, 5.41) is 8.43. The van der Waals surface area contributed by atoms with E-state index in [1.165, 1.54) is 0 Å². The second-order valence-electron chi connectivity index (χ2n) is 6.37. The molecule has 1 N–H and O–H groups in total. The van der Waals surface area contributed by atoms with Gasteiger partial charge in [-0.1, -0.05) is 18.2 Å². The predicted octanol–water partition coefficient (Wildman–Crippen LogP) is 2.63. The van der Waals surface area contributed by atoms with Gasteiger partial charge >= 0.3 is 6.09 Å². The van der Waals surface area contributed by atoms with Crippen LogP contribution in [0.2, 0.25) is 0 Å². The molecular weight excluding hydrogens is 282 g/mol. The van der Waals surface area contributed by atoms with Crippen molar-refractivity contribution < 1.29 is 14.3 Å². The Bertz CT molecular complexity index is 687. The van der Waals surface area contributed by atoms with Crippen LogP contribution in [0.1, 0.15) is 32.6 Å². The van der Waals surface area contributed by atoms with Gasteiger partial charge in [-0.3, -0.25) is 4.68 Å². The first kappa shape index (κ1) is 14.8. The quantitative estimate of drug-likeness (QED) is 0.926. The standard InChI is InChI=1S/C16H21N3O3/c1-16(2,3)22-15(20)17-10-13-14-11-6-4-5-7-12(11)18-19(14)8-9-21-13/h4-7,13H,8-10H2,1-3H3,(H,17,20)/t13-/m0/s1. The van der Waals surface area contributed by atoms with Crippen LogP contribution in [0.4, 0.5) is 4.79 Å². The maximum atomic E-state index is 11.8. The van der Waals surface area contributed by atoms with Gasteiger partial charge in [0.2, 0.25) is 0 Å². The normalized spacial score (nSPS) is 18.0. The minimum atomic E-state index is -0.508. The predicted molar refractivity (Wildman–Crippen MR) is 82.7 cm³/mol. The third-order valence-electron chi connectivity index (χ3n) is 3.44. The largest absolute Gasteiger partial charge is 0.444 e. The first-order chi connectivity index (χ1) is 10.4. The first-order valence-electron chi connectivity index (χ1n) is 7.48. The number of hydrogen-bond donors (Lipinski definition) is 1. The summed E-state index contributed by atoms with van der Waals surface area (Å²) in [4.78, 5) is 11.8. The summed E-state index contributed by atoms with van der Waals surface area (Å²) in [6, 6.07) is 7.97. The number of aromatic nitrogens is 2. The summed E-state index contributed by atoms with van der Waals surface area (Å²) >= 11 is 0. The van der Waals surface area contributed by atoms with Gasteiger partial charge in [-0.15, -0.1) is 0 Å². The Morgan fingerprint density at radius 1 is 1.45 bits per heavy atom. The number of ether oxygens (including phenoxy) is 2. The van der Waals surface area contributed by atoms with Gasteiger partial charge in [0.05, 0.1) is 30.9 Å². The molecule has 0 fully saturated rings. The molecule has 0 saturated carbocycles. The highest BCUT2D eigenvalue weighted by molar-refractivity contribution is 5.82. The molecule has 22 heavy (non-hydrogen) atoms. The van der Waals surface area contributed by atoms with Crippen molar-refractivity contribution in [2.45, 2.75) is 39.0 Å². The van der Waals surface area contributed by atoms with Crippen LogP contribution in [0.25, 0.3) is 10.9 Å². The monoisotopic (exact) mass is 303 g/mol. The number of nitrogens with one attached hydrogen (secondary N) is 1. The van der Waals surface area contributed by atoms with Gasteiger partial charge in [0.15, 0.2) is 0 Å². The van der Waals surface area contributed by atoms with Crippen LogP contribution < -0.4 is 5.32 Å². The molecule has 0 saturated heterocycles. The number of alkyl carbamates (subject to hydrolysis) is 1. The number of carbonyl (C=O) groups excluding carboxylic acids is 1. The van der Waals surface area contributed by atoms with E-state index in [1.807, 2.05) is 49.7 Å². The molecule has 1 aromatic heterocycles. The van der Waals surface area contributed by atoms with Gasteiger partial charge in [-0.05, 0) is 26.8 Å². The van der Waals surface area contributed by atoms with Crippen LogP contribution in [0, 0.1) is 0 Å². The summed E-state index contributed by atoms with van der Waals surface area (Å²) in [5.41, 5.74) is 1.45. The van der Waals surface area contributed by atoms with Crippen molar-refractivity contribution in [3.63, 3.8) is 0 Å². The van der Waals surface area contributed by atoms with E-state index in [0.29, 0.717) is 13.2 Å². The molecular formula is C16H21N3O3. The molecule has 1 aliphatic heterocycles. The zero-order valence-electron chi connectivity index (χ0n) is 13.1. The average Bonchev–Trinajstić information content (AvgIpc) is 2.82. The van der Waals surface area contributed by atoms with Crippen LogP contribution in [0.3, 0.4) is 0 Å². The highest BCUT2D eigenvalue weighted by Crippen LogP contribution is 2.29. The first-order valence-corrected chi connectivity index (χ1v) is 7.48. The molecule has 6 nitrogen and oxygen atoms in total. The second kappa shape index (κ2) is 5.61. The lowest BCUT2D eigenvalue weighted by Crippen LogP contribution is -2.37. The van der Waals surface area contributed by atoms with Gasteiger partial charge in [-0.25, -0.2) is 4.79 Å². The fourth-order valence-electron chi connectivity index (χ4n) is 2.62. The molecule has 0 unspecified atom stereocenters. The molecule has 1 amide bonds. The maximum absolute atomic E-state index is 11.8. The van der Waals surface area contributed by atoms with E-state index in [2.05, 4.69) is 10.4 Å². The third kappa shape index (κ3) is 3.06. The number of benzene rings is 1. The van der Waals surface area contributed by atoms with E-state index < -0.39 is 11.7 Å².